The van der Waals surface area contributed by atoms with Gasteiger partial charge < -0.3 is 10.6 Å². The molecule has 0 spiro atoms. The average Bonchev–Trinajstić information content (AvgIpc) is 3.48. The second-order valence-corrected chi connectivity index (χ2v) is 7.73. The zero-order valence-corrected chi connectivity index (χ0v) is 18.7. The zero-order valence-electron chi connectivity index (χ0n) is 16.3. The average molecular weight is 470 g/mol. The van der Waals surface area contributed by atoms with E-state index in [9.17, 15) is 0 Å². The lowest BCUT2D eigenvalue weighted by molar-refractivity contribution is 0.184. The molecule has 5 heteroatoms. The summed E-state index contributed by atoms with van der Waals surface area (Å²) in [4.78, 5) is 6.90. The van der Waals surface area contributed by atoms with Crippen LogP contribution < -0.4 is 10.6 Å². The molecule has 2 saturated carbocycles. The molecular weight excluding hydrogens is 435 g/mol. The summed E-state index contributed by atoms with van der Waals surface area (Å²) in [6.07, 6.45) is 9.63. The molecule has 2 aliphatic rings. The van der Waals surface area contributed by atoms with Gasteiger partial charge >= 0.3 is 0 Å². The van der Waals surface area contributed by atoms with Crippen LogP contribution >= 0.6 is 24.0 Å². The van der Waals surface area contributed by atoms with Gasteiger partial charge in [0.2, 0.25) is 0 Å². The standard InChI is InChI=1S/C21H34N4.HI/c1-22-21(23-14-17-12-13-17)24-15-18-8-6-7-9-19(18)16-25(2)20-10-4-3-5-11-20;/h6-9,17,20H,3-5,10-16H2,1-2H3,(H2,22,23,24);1H. The Morgan fingerprint density at radius 1 is 1.04 bits per heavy atom. The van der Waals surface area contributed by atoms with E-state index in [-0.39, 0.29) is 24.0 Å². The second kappa shape index (κ2) is 11.1. The van der Waals surface area contributed by atoms with E-state index in [1.807, 2.05) is 7.05 Å². The minimum Gasteiger partial charge on any atom is -0.356 e. The summed E-state index contributed by atoms with van der Waals surface area (Å²) in [5, 5.41) is 6.92. The summed E-state index contributed by atoms with van der Waals surface area (Å²) >= 11 is 0. The highest BCUT2D eigenvalue weighted by molar-refractivity contribution is 14.0. The van der Waals surface area contributed by atoms with Crippen LogP contribution in [-0.2, 0) is 13.1 Å². The molecule has 3 rings (SSSR count). The van der Waals surface area contributed by atoms with E-state index in [4.69, 9.17) is 0 Å². The molecule has 0 aromatic heterocycles. The molecule has 1 aromatic carbocycles. The van der Waals surface area contributed by atoms with Gasteiger partial charge in [0.25, 0.3) is 0 Å². The summed E-state index contributed by atoms with van der Waals surface area (Å²) in [5.74, 6) is 1.78. The largest absolute Gasteiger partial charge is 0.356 e. The lowest BCUT2D eigenvalue weighted by atomic mass is 9.94. The number of aliphatic imine (C=N–C) groups is 1. The maximum absolute atomic E-state index is 4.35. The van der Waals surface area contributed by atoms with E-state index in [1.165, 1.54) is 56.1 Å². The molecule has 2 fully saturated rings. The monoisotopic (exact) mass is 470 g/mol. The van der Waals surface area contributed by atoms with Crippen molar-refractivity contribution in [1.82, 2.24) is 15.5 Å². The Morgan fingerprint density at radius 2 is 1.73 bits per heavy atom. The number of nitrogens with one attached hydrogen (secondary N) is 2. The fraction of sp³-hybridized carbons (Fsp3) is 0.667. The van der Waals surface area contributed by atoms with Crippen molar-refractivity contribution in [3.05, 3.63) is 35.4 Å². The molecule has 26 heavy (non-hydrogen) atoms. The van der Waals surface area contributed by atoms with Crippen molar-refractivity contribution in [2.45, 2.75) is 64.1 Å². The normalized spacial score (nSPS) is 18.5. The first kappa shape index (κ1) is 21.5. The van der Waals surface area contributed by atoms with Crippen LogP contribution in [0.2, 0.25) is 0 Å². The van der Waals surface area contributed by atoms with Crippen LogP contribution in [0.1, 0.15) is 56.1 Å². The molecule has 0 saturated heterocycles. The third-order valence-corrected chi connectivity index (χ3v) is 5.66. The quantitative estimate of drug-likeness (QED) is 0.358. The van der Waals surface area contributed by atoms with E-state index in [2.05, 4.69) is 51.8 Å². The topological polar surface area (TPSA) is 39.7 Å². The van der Waals surface area contributed by atoms with Crippen LogP contribution in [-0.4, -0.2) is 37.5 Å². The van der Waals surface area contributed by atoms with E-state index >= 15 is 0 Å². The molecule has 1 aromatic rings. The van der Waals surface area contributed by atoms with Crippen molar-refractivity contribution in [2.75, 3.05) is 20.6 Å². The first-order valence-electron chi connectivity index (χ1n) is 9.98. The minimum atomic E-state index is 0. The van der Waals surface area contributed by atoms with Gasteiger partial charge in [-0.05, 0) is 49.8 Å². The first-order chi connectivity index (χ1) is 12.3. The highest BCUT2D eigenvalue weighted by Gasteiger charge is 2.21. The summed E-state index contributed by atoms with van der Waals surface area (Å²) < 4.78 is 0. The summed E-state index contributed by atoms with van der Waals surface area (Å²) in [6.45, 7) is 2.92. The van der Waals surface area contributed by atoms with Gasteiger partial charge in [-0.25, -0.2) is 0 Å². The lowest BCUT2D eigenvalue weighted by Gasteiger charge is -2.31. The van der Waals surface area contributed by atoms with Crippen LogP contribution in [0, 0.1) is 5.92 Å². The van der Waals surface area contributed by atoms with Crippen molar-refractivity contribution >= 4 is 29.9 Å². The van der Waals surface area contributed by atoms with Gasteiger partial charge in [-0.15, -0.1) is 24.0 Å². The van der Waals surface area contributed by atoms with Gasteiger partial charge in [0.05, 0.1) is 0 Å². The molecule has 0 aliphatic heterocycles. The van der Waals surface area contributed by atoms with Crippen molar-refractivity contribution in [2.24, 2.45) is 10.9 Å². The smallest absolute Gasteiger partial charge is 0.191 e. The van der Waals surface area contributed by atoms with Gasteiger partial charge in [-0.1, -0.05) is 43.5 Å². The van der Waals surface area contributed by atoms with Crippen LogP contribution in [0.4, 0.5) is 0 Å². The molecule has 0 unspecified atom stereocenters. The Kier molecular flexibility index (Phi) is 9.19. The van der Waals surface area contributed by atoms with E-state index in [0.717, 1.165) is 37.6 Å². The van der Waals surface area contributed by atoms with E-state index in [1.54, 1.807) is 0 Å². The van der Waals surface area contributed by atoms with Crippen molar-refractivity contribution in [3.63, 3.8) is 0 Å². The van der Waals surface area contributed by atoms with Crippen molar-refractivity contribution in [3.8, 4) is 0 Å². The van der Waals surface area contributed by atoms with Crippen LogP contribution in [0.5, 0.6) is 0 Å². The number of nitrogens with zero attached hydrogens (tertiary/aromatic N) is 2. The van der Waals surface area contributed by atoms with Crippen LogP contribution in [0.25, 0.3) is 0 Å². The molecule has 0 radical (unpaired) electrons. The number of hydrogen-bond donors (Lipinski definition) is 2. The number of guanidine groups is 1. The molecule has 146 valence electrons. The predicted octanol–water partition coefficient (Wildman–Crippen LogP) is 4.14. The number of benzene rings is 1. The Morgan fingerprint density at radius 3 is 2.38 bits per heavy atom. The maximum Gasteiger partial charge on any atom is 0.191 e. The molecule has 2 aliphatic carbocycles. The molecular formula is C21H35IN4. The van der Waals surface area contributed by atoms with Gasteiger partial charge in [-0.3, -0.25) is 9.89 Å². The molecule has 2 N–H and O–H groups in total. The van der Waals surface area contributed by atoms with Crippen molar-refractivity contribution < 1.29 is 0 Å². The Bertz CT molecular complexity index is 565. The van der Waals surface area contributed by atoms with Crippen LogP contribution in [0.3, 0.4) is 0 Å². The SMILES string of the molecule is CN=C(NCc1ccccc1CN(C)C1CCCCC1)NCC1CC1.I. The number of hydrogen-bond acceptors (Lipinski definition) is 2. The minimum absolute atomic E-state index is 0. The number of rotatable bonds is 7. The van der Waals surface area contributed by atoms with E-state index in [0.29, 0.717) is 0 Å². The van der Waals surface area contributed by atoms with Gasteiger partial charge in [0.1, 0.15) is 0 Å². The second-order valence-electron chi connectivity index (χ2n) is 7.73. The fourth-order valence-electron chi connectivity index (χ4n) is 3.77. The third kappa shape index (κ3) is 6.72. The Labute approximate surface area is 176 Å². The predicted molar refractivity (Wildman–Crippen MR) is 121 cm³/mol. The van der Waals surface area contributed by atoms with Gasteiger partial charge in [0.15, 0.2) is 5.96 Å². The zero-order chi connectivity index (χ0) is 17.5. The first-order valence-corrected chi connectivity index (χ1v) is 9.98. The highest BCUT2D eigenvalue weighted by Crippen LogP contribution is 2.27. The summed E-state index contributed by atoms with van der Waals surface area (Å²) in [5.41, 5.74) is 2.81. The summed E-state index contributed by atoms with van der Waals surface area (Å²) in [7, 11) is 4.14. The van der Waals surface area contributed by atoms with E-state index < -0.39 is 0 Å². The molecule has 0 bridgehead atoms. The third-order valence-electron chi connectivity index (χ3n) is 5.66. The van der Waals surface area contributed by atoms with Gasteiger partial charge in [-0.2, -0.15) is 0 Å². The summed E-state index contributed by atoms with van der Waals surface area (Å²) in [6, 6.07) is 9.57. The number of halogens is 1. The van der Waals surface area contributed by atoms with Crippen LogP contribution in [0.15, 0.2) is 29.3 Å². The highest BCUT2D eigenvalue weighted by atomic mass is 127. The van der Waals surface area contributed by atoms with Crippen molar-refractivity contribution in [1.29, 1.82) is 0 Å². The molecule has 0 atom stereocenters. The molecule has 0 amide bonds. The lowest BCUT2D eigenvalue weighted by Crippen LogP contribution is -2.38. The Balaban J connectivity index is 0.00000243. The Hall–Kier alpha value is -0.820. The van der Waals surface area contributed by atoms with Gasteiger partial charge in [0, 0.05) is 32.7 Å². The molecule has 0 heterocycles. The maximum atomic E-state index is 4.35. The molecule has 4 nitrogen and oxygen atoms in total. The fourth-order valence-corrected chi connectivity index (χ4v) is 3.77.